The fraction of sp³-hybridized carbons (Fsp3) is 0.467. The lowest BCUT2D eigenvalue weighted by Crippen LogP contribution is -2.28. The fourth-order valence-corrected chi connectivity index (χ4v) is 2.28. The van der Waals surface area contributed by atoms with E-state index in [1.54, 1.807) is 11.9 Å². The lowest BCUT2D eigenvalue weighted by atomic mass is 10.1. The summed E-state index contributed by atoms with van der Waals surface area (Å²) in [5, 5.41) is 8.84. The molecule has 4 heteroatoms. The molecule has 19 heavy (non-hydrogen) atoms. The summed E-state index contributed by atoms with van der Waals surface area (Å²) in [7, 11) is 1.73. The zero-order valence-electron chi connectivity index (χ0n) is 11.5. The Kier molecular flexibility index (Phi) is 3.60. The molecule has 0 radical (unpaired) electrons. The summed E-state index contributed by atoms with van der Waals surface area (Å²) in [5.41, 5.74) is 3.51. The Morgan fingerprint density at radius 1 is 1.26 bits per heavy atom. The lowest BCUT2D eigenvalue weighted by molar-refractivity contribution is -0.141. The van der Waals surface area contributed by atoms with Gasteiger partial charge in [-0.3, -0.25) is 9.59 Å². The van der Waals surface area contributed by atoms with Crippen molar-refractivity contribution in [2.45, 2.75) is 26.8 Å². The van der Waals surface area contributed by atoms with E-state index in [4.69, 9.17) is 5.11 Å². The molecule has 1 saturated carbocycles. The Bertz CT molecular complexity index is 524. The summed E-state index contributed by atoms with van der Waals surface area (Å²) < 4.78 is 0. The quantitative estimate of drug-likeness (QED) is 0.901. The molecular formula is C15H19NO3. The first-order chi connectivity index (χ1) is 8.90. The second-order valence-corrected chi connectivity index (χ2v) is 5.40. The van der Waals surface area contributed by atoms with Crippen LogP contribution in [0.25, 0.3) is 0 Å². The third-order valence-electron chi connectivity index (χ3n) is 3.79. The molecule has 2 unspecified atom stereocenters. The molecule has 1 aromatic carbocycles. The number of carboxylic acids is 1. The van der Waals surface area contributed by atoms with Crippen LogP contribution in [0.1, 0.15) is 23.1 Å². The minimum absolute atomic E-state index is 0.0642. The molecule has 1 aliphatic carbocycles. The summed E-state index contributed by atoms with van der Waals surface area (Å²) in [6, 6.07) is 6.12. The number of hydrogen-bond donors (Lipinski definition) is 1. The van der Waals surface area contributed by atoms with Crippen molar-refractivity contribution in [2.75, 3.05) is 7.05 Å². The van der Waals surface area contributed by atoms with Gasteiger partial charge in [-0.05, 0) is 37.0 Å². The van der Waals surface area contributed by atoms with Crippen LogP contribution in [0.3, 0.4) is 0 Å². The second kappa shape index (κ2) is 5.03. The Balaban J connectivity index is 1.97. The Hall–Kier alpha value is -1.84. The van der Waals surface area contributed by atoms with Crippen molar-refractivity contribution in [1.29, 1.82) is 0 Å². The molecule has 0 aromatic heterocycles. The smallest absolute Gasteiger partial charge is 0.307 e. The molecule has 2 rings (SSSR count). The van der Waals surface area contributed by atoms with Crippen molar-refractivity contribution in [2.24, 2.45) is 11.8 Å². The monoisotopic (exact) mass is 261 g/mol. The largest absolute Gasteiger partial charge is 0.481 e. The summed E-state index contributed by atoms with van der Waals surface area (Å²) in [4.78, 5) is 24.4. The van der Waals surface area contributed by atoms with Gasteiger partial charge in [0.2, 0.25) is 5.91 Å². The van der Waals surface area contributed by atoms with Crippen molar-refractivity contribution < 1.29 is 14.7 Å². The zero-order chi connectivity index (χ0) is 14.2. The highest BCUT2D eigenvalue weighted by Crippen LogP contribution is 2.40. The van der Waals surface area contributed by atoms with Crippen molar-refractivity contribution in [1.82, 2.24) is 4.90 Å². The molecule has 0 aliphatic heterocycles. The van der Waals surface area contributed by atoms with Crippen molar-refractivity contribution >= 4 is 11.9 Å². The van der Waals surface area contributed by atoms with Crippen LogP contribution in [0.4, 0.5) is 0 Å². The summed E-state index contributed by atoms with van der Waals surface area (Å²) >= 11 is 0. The number of aryl methyl sites for hydroxylation is 2. The summed E-state index contributed by atoms with van der Waals surface area (Å²) in [5.74, 6) is -1.73. The van der Waals surface area contributed by atoms with E-state index in [0.717, 1.165) is 5.56 Å². The number of amides is 1. The number of benzene rings is 1. The number of hydrogen-bond acceptors (Lipinski definition) is 2. The van der Waals surface area contributed by atoms with Crippen LogP contribution in [0.15, 0.2) is 18.2 Å². The number of aliphatic carboxylic acids is 1. The van der Waals surface area contributed by atoms with E-state index in [-0.39, 0.29) is 11.8 Å². The Morgan fingerprint density at radius 3 is 2.47 bits per heavy atom. The van der Waals surface area contributed by atoms with E-state index >= 15 is 0 Å². The van der Waals surface area contributed by atoms with Crippen molar-refractivity contribution in [3.8, 4) is 0 Å². The Morgan fingerprint density at radius 2 is 1.95 bits per heavy atom. The third-order valence-corrected chi connectivity index (χ3v) is 3.79. The van der Waals surface area contributed by atoms with Crippen molar-refractivity contribution in [3.63, 3.8) is 0 Å². The van der Waals surface area contributed by atoms with Gasteiger partial charge in [0.25, 0.3) is 0 Å². The predicted molar refractivity (Wildman–Crippen MR) is 71.6 cm³/mol. The number of carbonyl (C=O) groups excluding carboxylic acids is 1. The van der Waals surface area contributed by atoms with Crippen LogP contribution in [-0.2, 0) is 16.1 Å². The highest BCUT2D eigenvalue weighted by Gasteiger charge is 2.49. The van der Waals surface area contributed by atoms with Crippen LogP contribution in [0.2, 0.25) is 0 Å². The average Bonchev–Trinajstić information content (AvgIpc) is 3.13. The Labute approximate surface area is 113 Å². The maximum atomic E-state index is 12.0. The molecule has 1 aromatic rings. The predicted octanol–water partition coefficient (Wildman–Crippen LogP) is 1.98. The molecule has 1 amide bonds. The minimum atomic E-state index is -0.863. The summed E-state index contributed by atoms with van der Waals surface area (Å²) in [6.07, 6.45) is 0.478. The van der Waals surface area contributed by atoms with Gasteiger partial charge in [0, 0.05) is 13.6 Å². The van der Waals surface area contributed by atoms with Gasteiger partial charge in [-0.25, -0.2) is 0 Å². The van der Waals surface area contributed by atoms with Crippen molar-refractivity contribution in [3.05, 3.63) is 34.9 Å². The first-order valence-electron chi connectivity index (χ1n) is 6.44. The molecule has 0 bridgehead atoms. The summed E-state index contributed by atoms with van der Waals surface area (Å²) in [6.45, 7) is 4.63. The van der Waals surface area contributed by atoms with Crippen LogP contribution in [-0.4, -0.2) is 28.9 Å². The molecule has 4 nitrogen and oxygen atoms in total. The molecular weight excluding hydrogens is 242 g/mol. The van der Waals surface area contributed by atoms with Gasteiger partial charge >= 0.3 is 5.97 Å². The number of rotatable bonds is 4. The van der Waals surface area contributed by atoms with E-state index in [2.05, 4.69) is 13.0 Å². The lowest BCUT2D eigenvalue weighted by Gasteiger charge is -2.18. The fourth-order valence-electron chi connectivity index (χ4n) is 2.28. The molecule has 0 spiro atoms. The second-order valence-electron chi connectivity index (χ2n) is 5.40. The third kappa shape index (κ3) is 2.95. The van der Waals surface area contributed by atoms with Gasteiger partial charge in [-0.2, -0.15) is 0 Å². The SMILES string of the molecule is Cc1ccc(CN(C)C(=O)C2CC2C(=O)O)cc1C. The standard InChI is InChI=1S/C15H19NO3/c1-9-4-5-11(6-10(9)2)8-16(3)14(17)12-7-13(12)15(18)19/h4-6,12-13H,7-8H2,1-3H3,(H,18,19). The van der Waals surface area contributed by atoms with Crippen LogP contribution in [0.5, 0.6) is 0 Å². The van der Waals surface area contributed by atoms with Gasteiger partial charge in [-0.1, -0.05) is 18.2 Å². The topological polar surface area (TPSA) is 57.6 Å². The molecule has 102 valence electrons. The van der Waals surface area contributed by atoms with Gasteiger partial charge in [0.05, 0.1) is 11.8 Å². The van der Waals surface area contributed by atoms with Gasteiger partial charge in [-0.15, -0.1) is 0 Å². The molecule has 1 fully saturated rings. The number of carboxylic acid groups (broad SMARTS) is 1. The first-order valence-corrected chi connectivity index (χ1v) is 6.44. The normalized spacial score (nSPS) is 21.0. The van der Waals surface area contributed by atoms with Crippen LogP contribution in [0, 0.1) is 25.7 Å². The minimum Gasteiger partial charge on any atom is -0.481 e. The molecule has 1 N–H and O–H groups in total. The average molecular weight is 261 g/mol. The number of nitrogens with zero attached hydrogens (tertiary/aromatic N) is 1. The van der Waals surface area contributed by atoms with E-state index in [0.29, 0.717) is 13.0 Å². The van der Waals surface area contributed by atoms with Gasteiger partial charge in [0.15, 0.2) is 0 Å². The van der Waals surface area contributed by atoms with E-state index in [1.165, 1.54) is 11.1 Å². The highest BCUT2D eigenvalue weighted by atomic mass is 16.4. The molecule has 2 atom stereocenters. The molecule has 0 saturated heterocycles. The maximum Gasteiger partial charge on any atom is 0.307 e. The molecule has 1 aliphatic rings. The van der Waals surface area contributed by atoms with E-state index < -0.39 is 11.9 Å². The van der Waals surface area contributed by atoms with E-state index in [9.17, 15) is 9.59 Å². The molecule has 0 heterocycles. The number of carbonyl (C=O) groups is 2. The maximum absolute atomic E-state index is 12.0. The first kappa shape index (κ1) is 13.6. The highest BCUT2D eigenvalue weighted by molar-refractivity contribution is 5.89. The zero-order valence-corrected chi connectivity index (χ0v) is 11.5. The van der Waals surface area contributed by atoms with Gasteiger partial charge < -0.3 is 10.0 Å². The van der Waals surface area contributed by atoms with E-state index in [1.807, 2.05) is 19.1 Å². The van der Waals surface area contributed by atoms with Crippen LogP contribution < -0.4 is 0 Å². The van der Waals surface area contributed by atoms with Crippen LogP contribution >= 0.6 is 0 Å². The van der Waals surface area contributed by atoms with Gasteiger partial charge in [0.1, 0.15) is 0 Å².